The molecule has 1 aliphatic heterocycles. The molecule has 0 bridgehead atoms. The van der Waals surface area contributed by atoms with Crippen molar-refractivity contribution >= 4 is 27.5 Å². The Labute approximate surface area is 151 Å². The molecule has 1 aliphatic carbocycles. The molecule has 2 aliphatic rings. The molecule has 1 heterocycles. The number of nitrogens with zero attached hydrogens (tertiary/aromatic N) is 1. The molecule has 2 aromatic rings. The number of carbonyl (C=O) groups is 1. The van der Waals surface area contributed by atoms with Gasteiger partial charge in [0.2, 0.25) is 0 Å². The van der Waals surface area contributed by atoms with Crippen LogP contribution in [0.25, 0.3) is 0 Å². The summed E-state index contributed by atoms with van der Waals surface area (Å²) in [5.74, 6) is -0.0293. The number of carbonyl (C=O) groups excluding carboxylic acids is 1. The number of anilines is 1. The number of fused-ring (bicyclic) bond motifs is 1. The van der Waals surface area contributed by atoms with Gasteiger partial charge in [-0.25, -0.2) is 0 Å². The van der Waals surface area contributed by atoms with Crippen molar-refractivity contribution in [3.05, 3.63) is 58.1 Å². The molecular formula is C18H15BrF2N2O2. The van der Waals surface area contributed by atoms with E-state index in [0.29, 0.717) is 16.8 Å². The minimum Gasteiger partial charge on any atom is -0.434 e. The van der Waals surface area contributed by atoms with Gasteiger partial charge in [0.05, 0.1) is 5.56 Å². The number of ether oxygens (including phenoxy) is 1. The molecule has 1 fully saturated rings. The molecule has 0 unspecified atom stereocenters. The van der Waals surface area contributed by atoms with Gasteiger partial charge in [0.15, 0.2) is 0 Å². The van der Waals surface area contributed by atoms with E-state index in [1.54, 1.807) is 23.1 Å². The number of halogens is 3. The number of amides is 1. The number of hydrogen-bond acceptors (Lipinski definition) is 3. The maximum atomic E-state index is 13.0. The van der Waals surface area contributed by atoms with Crippen LogP contribution >= 0.6 is 15.9 Å². The van der Waals surface area contributed by atoms with Gasteiger partial charge in [0.1, 0.15) is 11.9 Å². The summed E-state index contributed by atoms with van der Waals surface area (Å²) in [5, 5.41) is 3.32. The number of hydrogen-bond donors (Lipinski definition) is 1. The SMILES string of the molecule is O=C1c2ccccc2N[C@@H](c2cc(Br)ccc2OC(F)F)N1C1CC1. The predicted molar refractivity (Wildman–Crippen MR) is 92.8 cm³/mol. The minimum atomic E-state index is -2.93. The number of alkyl halides is 2. The van der Waals surface area contributed by atoms with Crippen LogP contribution in [0, 0.1) is 0 Å². The van der Waals surface area contributed by atoms with Gasteiger partial charge in [-0.2, -0.15) is 8.78 Å². The smallest absolute Gasteiger partial charge is 0.387 e. The maximum Gasteiger partial charge on any atom is 0.387 e. The van der Waals surface area contributed by atoms with Gasteiger partial charge in [-0.3, -0.25) is 4.79 Å². The zero-order valence-corrected chi connectivity index (χ0v) is 14.7. The van der Waals surface area contributed by atoms with E-state index in [9.17, 15) is 13.6 Å². The first kappa shape index (κ1) is 16.3. The Morgan fingerprint density at radius 3 is 2.68 bits per heavy atom. The number of nitrogens with one attached hydrogen (secondary N) is 1. The highest BCUT2D eigenvalue weighted by Crippen LogP contribution is 2.43. The molecule has 0 spiro atoms. The Balaban J connectivity index is 1.81. The fourth-order valence-corrected chi connectivity index (χ4v) is 3.54. The summed E-state index contributed by atoms with van der Waals surface area (Å²) in [4.78, 5) is 14.7. The molecule has 4 nitrogen and oxygen atoms in total. The Kier molecular flexibility index (Phi) is 4.11. The van der Waals surface area contributed by atoms with E-state index in [1.165, 1.54) is 6.07 Å². The van der Waals surface area contributed by atoms with Crippen molar-refractivity contribution in [3.8, 4) is 5.75 Å². The number of benzene rings is 2. The van der Waals surface area contributed by atoms with E-state index in [0.717, 1.165) is 17.3 Å². The van der Waals surface area contributed by atoms with Crippen LogP contribution in [-0.4, -0.2) is 23.5 Å². The Hall–Kier alpha value is -2.15. The van der Waals surface area contributed by atoms with Crippen molar-refractivity contribution in [3.63, 3.8) is 0 Å². The van der Waals surface area contributed by atoms with Gasteiger partial charge in [0, 0.05) is 21.8 Å². The Morgan fingerprint density at radius 1 is 1.20 bits per heavy atom. The lowest BCUT2D eigenvalue weighted by Crippen LogP contribution is -2.44. The first-order valence-corrected chi connectivity index (χ1v) is 8.76. The highest BCUT2D eigenvalue weighted by molar-refractivity contribution is 9.10. The molecule has 1 atom stereocenters. The quantitative estimate of drug-likeness (QED) is 0.791. The van der Waals surface area contributed by atoms with Crippen molar-refractivity contribution in [2.45, 2.75) is 31.7 Å². The van der Waals surface area contributed by atoms with Gasteiger partial charge >= 0.3 is 6.61 Å². The summed E-state index contributed by atoms with van der Waals surface area (Å²) >= 11 is 3.37. The lowest BCUT2D eigenvalue weighted by Gasteiger charge is -2.39. The van der Waals surface area contributed by atoms with E-state index in [4.69, 9.17) is 4.74 Å². The normalized spacial score (nSPS) is 19.6. The monoisotopic (exact) mass is 408 g/mol. The van der Waals surface area contributed by atoms with Crippen molar-refractivity contribution < 1.29 is 18.3 Å². The molecule has 0 aromatic heterocycles. The highest BCUT2D eigenvalue weighted by atomic mass is 79.9. The van der Waals surface area contributed by atoms with Crippen molar-refractivity contribution in [1.29, 1.82) is 0 Å². The number of rotatable bonds is 4. The zero-order chi connectivity index (χ0) is 17.6. The minimum absolute atomic E-state index is 0.0635. The largest absolute Gasteiger partial charge is 0.434 e. The molecule has 130 valence electrons. The van der Waals surface area contributed by atoms with Gasteiger partial charge < -0.3 is 15.0 Å². The Morgan fingerprint density at radius 2 is 1.96 bits per heavy atom. The van der Waals surface area contributed by atoms with E-state index >= 15 is 0 Å². The van der Waals surface area contributed by atoms with E-state index in [2.05, 4.69) is 21.2 Å². The fourth-order valence-electron chi connectivity index (χ4n) is 3.16. The molecule has 1 amide bonds. The molecule has 0 saturated heterocycles. The fraction of sp³-hybridized carbons (Fsp3) is 0.278. The second-order valence-electron chi connectivity index (χ2n) is 6.10. The third kappa shape index (κ3) is 3.08. The molecule has 1 N–H and O–H groups in total. The summed E-state index contributed by atoms with van der Waals surface area (Å²) in [6.07, 6.45) is 1.26. The lowest BCUT2D eigenvalue weighted by molar-refractivity contribution is -0.0509. The first-order chi connectivity index (χ1) is 12.0. The van der Waals surface area contributed by atoms with Crippen LogP contribution in [0.1, 0.15) is 34.9 Å². The molecule has 0 radical (unpaired) electrons. The van der Waals surface area contributed by atoms with Crippen LogP contribution in [0.3, 0.4) is 0 Å². The molecule has 1 saturated carbocycles. The molecular weight excluding hydrogens is 394 g/mol. The topological polar surface area (TPSA) is 41.6 Å². The number of para-hydroxylation sites is 1. The second-order valence-corrected chi connectivity index (χ2v) is 7.01. The average molecular weight is 409 g/mol. The molecule has 4 rings (SSSR count). The Bertz CT molecular complexity index is 826. The second kappa shape index (κ2) is 6.29. The van der Waals surface area contributed by atoms with Gasteiger partial charge in [-0.05, 0) is 43.2 Å². The summed E-state index contributed by atoms with van der Waals surface area (Å²) in [6, 6.07) is 12.2. The van der Waals surface area contributed by atoms with E-state index in [-0.39, 0.29) is 17.7 Å². The third-order valence-corrected chi connectivity index (χ3v) is 4.88. The lowest BCUT2D eigenvalue weighted by atomic mass is 10.0. The van der Waals surface area contributed by atoms with Crippen LogP contribution in [0.2, 0.25) is 0 Å². The van der Waals surface area contributed by atoms with E-state index < -0.39 is 12.8 Å². The van der Waals surface area contributed by atoms with Crippen LogP contribution in [0.15, 0.2) is 46.9 Å². The van der Waals surface area contributed by atoms with Crippen LogP contribution in [-0.2, 0) is 0 Å². The summed E-state index contributed by atoms with van der Waals surface area (Å²) in [6.45, 7) is -2.93. The summed E-state index contributed by atoms with van der Waals surface area (Å²) < 4.78 is 31.1. The first-order valence-electron chi connectivity index (χ1n) is 7.97. The average Bonchev–Trinajstić information content (AvgIpc) is 3.41. The molecule has 7 heteroatoms. The standard InChI is InChI=1S/C18H15BrF2N2O2/c19-10-5-8-15(25-18(20)21)13(9-10)16-22-14-4-2-1-3-12(14)17(24)23(16)11-6-7-11/h1-5,8-9,11,16,18,22H,6-7H2/t16-/m1/s1. The predicted octanol–water partition coefficient (Wildman–Crippen LogP) is 4.78. The zero-order valence-electron chi connectivity index (χ0n) is 13.1. The molecule has 2 aromatic carbocycles. The summed E-state index contributed by atoms with van der Waals surface area (Å²) in [7, 11) is 0. The van der Waals surface area contributed by atoms with Gasteiger partial charge in [-0.1, -0.05) is 28.1 Å². The maximum absolute atomic E-state index is 13.0. The highest BCUT2D eigenvalue weighted by Gasteiger charge is 2.43. The van der Waals surface area contributed by atoms with Crippen molar-refractivity contribution in [1.82, 2.24) is 4.90 Å². The van der Waals surface area contributed by atoms with Crippen molar-refractivity contribution in [2.24, 2.45) is 0 Å². The van der Waals surface area contributed by atoms with Crippen LogP contribution in [0.5, 0.6) is 5.75 Å². The van der Waals surface area contributed by atoms with Crippen LogP contribution < -0.4 is 10.1 Å². The van der Waals surface area contributed by atoms with Gasteiger partial charge in [-0.15, -0.1) is 0 Å². The van der Waals surface area contributed by atoms with Gasteiger partial charge in [0.25, 0.3) is 5.91 Å². The van der Waals surface area contributed by atoms with Crippen molar-refractivity contribution in [2.75, 3.05) is 5.32 Å². The van der Waals surface area contributed by atoms with E-state index in [1.807, 2.05) is 18.2 Å². The molecule has 25 heavy (non-hydrogen) atoms. The third-order valence-electron chi connectivity index (χ3n) is 4.39. The summed E-state index contributed by atoms with van der Waals surface area (Å²) in [5.41, 5.74) is 1.79. The van der Waals surface area contributed by atoms with Crippen LogP contribution in [0.4, 0.5) is 14.5 Å².